The zero-order valence-electron chi connectivity index (χ0n) is 9.23. The van der Waals surface area contributed by atoms with Crippen LogP contribution < -0.4 is 0 Å². The van der Waals surface area contributed by atoms with Crippen molar-refractivity contribution in [2.45, 2.75) is 20.8 Å². The molecule has 0 spiro atoms. The van der Waals surface area contributed by atoms with Gasteiger partial charge in [0.15, 0.2) is 6.29 Å². The summed E-state index contributed by atoms with van der Waals surface area (Å²) in [5, 5.41) is 0. The van der Waals surface area contributed by atoms with Crippen LogP contribution in [0.4, 0.5) is 0 Å². The Labute approximate surface area is 89.6 Å². The molecule has 0 aromatic heterocycles. The smallest absolute Gasteiger partial charge is 0.168 e. The predicted molar refractivity (Wildman–Crippen MR) is 59.7 cm³/mol. The van der Waals surface area contributed by atoms with Crippen LogP contribution >= 0.6 is 0 Å². The lowest BCUT2D eigenvalue weighted by atomic mass is 9.79. The van der Waals surface area contributed by atoms with Crippen molar-refractivity contribution in [3.8, 4) is 0 Å². The topological polar surface area (TPSA) is 46.5 Å². The number of allylic oxidation sites excluding steroid dienone is 4. The van der Waals surface area contributed by atoms with Crippen LogP contribution in [0.3, 0.4) is 0 Å². The molecular weight excluding hydrogens is 190 g/mol. The van der Waals surface area contributed by atoms with Gasteiger partial charge in [-0.15, -0.1) is 0 Å². The third kappa shape index (κ3) is 2.49. The molecule has 0 aromatic carbocycles. The lowest BCUT2D eigenvalue weighted by molar-refractivity contribution is -0.126. The summed E-state index contributed by atoms with van der Waals surface area (Å²) in [6.45, 7) is 5.49. The molecule has 0 aromatic rings. The van der Waals surface area contributed by atoms with Crippen molar-refractivity contribution >= 4 is 18.3 Å². The molecule has 0 N–H and O–H groups in total. The van der Waals surface area contributed by atoms with Gasteiger partial charge in [-0.3, -0.25) is 14.6 Å². The maximum Gasteiger partial charge on any atom is 0.168 e. The highest BCUT2D eigenvalue weighted by Gasteiger charge is 2.30. The number of carbonyl (C=O) groups excluding carboxylic acids is 2. The highest BCUT2D eigenvalue weighted by atomic mass is 16.1. The van der Waals surface area contributed by atoms with E-state index in [0.29, 0.717) is 12.0 Å². The van der Waals surface area contributed by atoms with Gasteiger partial charge in [-0.2, -0.15) is 0 Å². The molecule has 0 saturated carbocycles. The lowest BCUT2D eigenvalue weighted by Crippen LogP contribution is -2.27. The lowest BCUT2D eigenvalue weighted by Gasteiger charge is -2.22. The molecule has 1 aliphatic heterocycles. The van der Waals surface area contributed by atoms with E-state index in [2.05, 4.69) is 4.99 Å². The van der Waals surface area contributed by atoms with Crippen molar-refractivity contribution < 1.29 is 9.59 Å². The van der Waals surface area contributed by atoms with Crippen LogP contribution in [0.1, 0.15) is 20.8 Å². The highest BCUT2D eigenvalue weighted by molar-refractivity contribution is 5.93. The van der Waals surface area contributed by atoms with Crippen LogP contribution in [-0.4, -0.2) is 18.3 Å². The summed E-state index contributed by atoms with van der Waals surface area (Å²) in [4.78, 5) is 26.5. The number of carbonyl (C=O) groups is 2. The van der Waals surface area contributed by atoms with Crippen molar-refractivity contribution in [2.24, 2.45) is 16.3 Å². The molecule has 0 bridgehead atoms. The van der Waals surface area contributed by atoms with Crippen LogP contribution in [0.25, 0.3) is 0 Å². The Bertz CT molecular complexity index is 364. The summed E-state index contributed by atoms with van der Waals surface area (Å²) < 4.78 is 0. The number of Topliss-reactive ketones (excluding diaryl/α,β-unsaturated/α-hetero) is 1. The van der Waals surface area contributed by atoms with Crippen LogP contribution in [0, 0.1) is 11.3 Å². The molecule has 0 fully saturated rings. The van der Waals surface area contributed by atoms with Gasteiger partial charge >= 0.3 is 0 Å². The van der Waals surface area contributed by atoms with Crippen molar-refractivity contribution in [2.75, 3.05) is 0 Å². The van der Waals surface area contributed by atoms with Gasteiger partial charge in [0.2, 0.25) is 0 Å². The van der Waals surface area contributed by atoms with Crippen LogP contribution in [0.5, 0.6) is 0 Å². The number of aliphatic imine (C=N–C) groups is 1. The third-order valence-corrected chi connectivity index (χ3v) is 2.38. The SMILES string of the molecule is CC(C)C(=O)C1(C)C=CC=NC(C=O)=C1. The summed E-state index contributed by atoms with van der Waals surface area (Å²) in [5.41, 5.74) is -0.419. The molecule has 1 rings (SSSR count). The zero-order chi connectivity index (χ0) is 11.5. The predicted octanol–water partition coefficient (Wildman–Crippen LogP) is 1.94. The van der Waals surface area contributed by atoms with Gasteiger partial charge in [-0.1, -0.05) is 19.9 Å². The van der Waals surface area contributed by atoms with Gasteiger partial charge in [0.05, 0.1) is 11.1 Å². The molecule has 0 radical (unpaired) electrons. The highest BCUT2D eigenvalue weighted by Crippen LogP contribution is 2.28. The maximum atomic E-state index is 12.0. The van der Waals surface area contributed by atoms with E-state index in [0.717, 1.165) is 0 Å². The first-order chi connectivity index (χ1) is 6.99. The molecular formula is C12H15NO2. The second-order valence-electron chi connectivity index (χ2n) is 4.13. The molecule has 1 heterocycles. The van der Waals surface area contributed by atoms with E-state index in [1.165, 1.54) is 6.21 Å². The molecule has 15 heavy (non-hydrogen) atoms. The number of aldehydes is 1. The number of ketones is 1. The molecule has 1 unspecified atom stereocenters. The number of nitrogens with zero attached hydrogens (tertiary/aromatic N) is 1. The minimum Gasteiger partial charge on any atom is -0.298 e. The molecule has 3 heteroatoms. The summed E-state index contributed by atoms with van der Waals surface area (Å²) in [7, 11) is 0. The maximum absolute atomic E-state index is 12.0. The van der Waals surface area contributed by atoms with Gasteiger partial charge in [-0.05, 0) is 19.1 Å². The van der Waals surface area contributed by atoms with Crippen LogP contribution in [0.2, 0.25) is 0 Å². The first-order valence-corrected chi connectivity index (χ1v) is 4.94. The number of hydrogen-bond donors (Lipinski definition) is 0. The van der Waals surface area contributed by atoms with E-state index in [1.807, 2.05) is 13.8 Å². The molecule has 0 amide bonds. The minimum atomic E-state index is -0.721. The molecule has 80 valence electrons. The van der Waals surface area contributed by atoms with E-state index < -0.39 is 5.41 Å². The zero-order valence-corrected chi connectivity index (χ0v) is 9.23. The Morgan fingerprint density at radius 2 is 2.20 bits per heavy atom. The van der Waals surface area contributed by atoms with Gasteiger partial charge in [0.1, 0.15) is 5.78 Å². The molecule has 3 nitrogen and oxygen atoms in total. The van der Waals surface area contributed by atoms with E-state index in [9.17, 15) is 9.59 Å². The molecule has 0 aliphatic carbocycles. The average Bonchev–Trinajstić information content (AvgIpc) is 2.39. The van der Waals surface area contributed by atoms with Gasteiger partial charge in [0, 0.05) is 12.1 Å². The summed E-state index contributed by atoms with van der Waals surface area (Å²) >= 11 is 0. The Hall–Kier alpha value is -1.51. The van der Waals surface area contributed by atoms with Crippen molar-refractivity contribution in [3.05, 3.63) is 23.9 Å². The Balaban J connectivity index is 3.12. The van der Waals surface area contributed by atoms with E-state index in [4.69, 9.17) is 0 Å². The molecule has 0 saturated heterocycles. The molecule has 1 aliphatic rings. The van der Waals surface area contributed by atoms with Crippen LogP contribution in [-0.2, 0) is 9.59 Å². The van der Waals surface area contributed by atoms with Gasteiger partial charge in [-0.25, -0.2) is 0 Å². The fourth-order valence-electron chi connectivity index (χ4n) is 1.60. The monoisotopic (exact) mass is 205 g/mol. The van der Waals surface area contributed by atoms with Gasteiger partial charge < -0.3 is 0 Å². The van der Waals surface area contributed by atoms with E-state index >= 15 is 0 Å². The average molecular weight is 205 g/mol. The second kappa shape index (κ2) is 4.34. The number of hydrogen-bond acceptors (Lipinski definition) is 3. The standard InChI is InChI=1S/C12H15NO2/c1-9(2)11(15)12(3)5-4-6-13-10(7-12)8-14/h4-9H,1-3H3. The largest absolute Gasteiger partial charge is 0.298 e. The summed E-state index contributed by atoms with van der Waals surface area (Å²) in [6.07, 6.45) is 7.28. The first kappa shape index (κ1) is 11.6. The van der Waals surface area contributed by atoms with Crippen molar-refractivity contribution in [3.63, 3.8) is 0 Å². The fourth-order valence-corrected chi connectivity index (χ4v) is 1.60. The van der Waals surface area contributed by atoms with E-state index in [-0.39, 0.29) is 11.7 Å². The third-order valence-electron chi connectivity index (χ3n) is 2.38. The molecule has 1 atom stereocenters. The Morgan fingerprint density at radius 1 is 1.53 bits per heavy atom. The first-order valence-electron chi connectivity index (χ1n) is 4.94. The minimum absolute atomic E-state index is 0.0677. The quantitative estimate of drug-likeness (QED) is 0.661. The van der Waals surface area contributed by atoms with E-state index in [1.54, 1.807) is 25.2 Å². The second-order valence-corrected chi connectivity index (χ2v) is 4.13. The summed E-state index contributed by atoms with van der Waals surface area (Å²) in [5.74, 6) is 0.0190. The van der Waals surface area contributed by atoms with Crippen molar-refractivity contribution in [1.82, 2.24) is 0 Å². The Kier molecular flexibility index (Phi) is 3.35. The van der Waals surface area contributed by atoms with Crippen LogP contribution in [0.15, 0.2) is 28.9 Å². The normalized spacial score (nSPS) is 24.9. The fraction of sp³-hybridized carbons (Fsp3) is 0.417. The van der Waals surface area contributed by atoms with Crippen molar-refractivity contribution in [1.29, 1.82) is 0 Å². The number of rotatable bonds is 3. The van der Waals surface area contributed by atoms with Gasteiger partial charge in [0.25, 0.3) is 0 Å². The summed E-state index contributed by atoms with van der Waals surface area (Å²) in [6, 6.07) is 0. The Morgan fingerprint density at radius 3 is 2.73 bits per heavy atom.